The largest absolute Gasteiger partial charge is 0.255 e. The molecule has 270 valence electrons. The Labute approximate surface area is 327 Å². The topological polar surface area (TPSA) is 77.3 Å². The van der Waals surface area contributed by atoms with Crippen LogP contribution in [-0.2, 0) is 10.8 Å². The number of aromatic nitrogens is 6. The summed E-state index contributed by atoms with van der Waals surface area (Å²) in [6, 6.07) is 51.2. The standard InChI is InChI=1S/C50H40N6/c1-5-27-51-41(9-1)45-31-37(32-46(55-45)42-10-2-6-28-52-42)35-13-17-39(18-14-35)49-21-24-50(25-22-49,26-23-49)40-19-15-36(16-20-40)38-33-47(43-11-3-7-29-53-43)56-48(34-38)44-12-4-8-30-54-44/h1-20,27-34H,21-26H2. The molecule has 11 rings (SSSR count). The average Bonchev–Trinajstić information content (AvgIpc) is 3.30. The monoisotopic (exact) mass is 724 g/mol. The van der Waals surface area contributed by atoms with Gasteiger partial charge in [0.05, 0.1) is 45.6 Å². The summed E-state index contributed by atoms with van der Waals surface area (Å²) in [4.78, 5) is 28.3. The summed E-state index contributed by atoms with van der Waals surface area (Å²) in [6.45, 7) is 0. The molecule has 6 heteroatoms. The fraction of sp³-hybridized carbons (Fsp3) is 0.160. The van der Waals surface area contributed by atoms with Crippen molar-refractivity contribution in [1.82, 2.24) is 29.9 Å². The van der Waals surface area contributed by atoms with Crippen molar-refractivity contribution in [2.45, 2.75) is 49.4 Å². The van der Waals surface area contributed by atoms with Crippen LogP contribution in [-0.4, -0.2) is 29.9 Å². The molecule has 0 N–H and O–H groups in total. The Bertz CT molecular complexity index is 2290. The second-order valence-electron chi connectivity index (χ2n) is 15.3. The van der Waals surface area contributed by atoms with Gasteiger partial charge in [-0.05, 0) is 156 Å². The van der Waals surface area contributed by atoms with Gasteiger partial charge in [-0.2, -0.15) is 0 Å². The van der Waals surface area contributed by atoms with Gasteiger partial charge < -0.3 is 0 Å². The van der Waals surface area contributed by atoms with Crippen LogP contribution < -0.4 is 0 Å². The van der Waals surface area contributed by atoms with Gasteiger partial charge in [-0.15, -0.1) is 0 Å². The molecule has 0 aliphatic heterocycles. The summed E-state index contributed by atoms with van der Waals surface area (Å²) >= 11 is 0. The molecule has 8 aromatic rings. The van der Waals surface area contributed by atoms with E-state index in [1.165, 1.54) is 60.8 Å². The highest BCUT2D eigenvalue weighted by atomic mass is 14.8. The number of nitrogens with zero attached hydrogens (tertiary/aromatic N) is 6. The van der Waals surface area contributed by atoms with E-state index < -0.39 is 0 Å². The third-order valence-corrected chi connectivity index (χ3v) is 12.3. The van der Waals surface area contributed by atoms with Crippen LogP contribution in [0, 0.1) is 0 Å². The lowest BCUT2D eigenvalue weighted by Gasteiger charge is -2.54. The maximum absolute atomic E-state index is 4.97. The Morgan fingerprint density at radius 2 is 0.571 bits per heavy atom. The maximum atomic E-state index is 4.97. The molecular formula is C50H40N6. The van der Waals surface area contributed by atoms with Crippen LogP contribution >= 0.6 is 0 Å². The van der Waals surface area contributed by atoms with E-state index in [1.807, 2.05) is 97.6 Å². The van der Waals surface area contributed by atoms with Crippen molar-refractivity contribution < 1.29 is 0 Å². The Hall–Kier alpha value is -6.66. The Kier molecular flexibility index (Phi) is 8.59. The SMILES string of the molecule is c1ccc(-c2cc(-c3ccc(C45CCC(c6ccc(-c7cc(-c8ccccn8)nc(-c8ccccn8)c7)cc6)(CC4)CC5)cc3)cc(-c3ccccn3)n2)nc1. The first-order valence-electron chi connectivity index (χ1n) is 19.5. The van der Waals surface area contributed by atoms with Crippen molar-refractivity contribution in [1.29, 1.82) is 0 Å². The lowest BCUT2D eigenvalue weighted by molar-refractivity contribution is 0.102. The molecule has 3 aliphatic rings. The van der Waals surface area contributed by atoms with Crippen LogP contribution in [0.2, 0.25) is 0 Å². The van der Waals surface area contributed by atoms with Gasteiger partial charge in [-0.1, -0.05) is 72.8 Å². The van der Waals surface area contributed by atoms with E-state index in [-0.39, 0.29) is 10.8 Å². The summed E-state index contributed by atoms with van der Waals surface area (Å²) in [5.74, 6) is 0. The van der Waals surface area contributed by atoms with Gasteiger partial charge in [0.25, 0.3) is 0 Å². The molecule has 0 atom stereocenters. The third kappa shape index (κ3) is 6.37. The normalized spacial score (nSPS) is 18.8. The number of benzene rings is 2. The molecule has 0 radical (unpaired) electrons. The van der Waals surface area contributed by atoms with Crippen molar-refractivity contribution in [3.8, 4) is 67.8 Å². The fourth-order valence-electron chi connectivity index (χ4n) is 9.06. The second-order valence-corrected chi connectivity index (χ2v) is 15.3. The molecule has 3 fully saturated rings. The number of hydrogen-bond acceptors (Lipinski definition) is 6. The van der Waals surface area contributed by atoms with E-state index >= 15 is 0 Å². The highest BCUT2D eigenvalue weighted by molar-refractivity contribution is 5.76. The second kappa shape index (κ2) is 14.2. The van der Waals surface area contributed by atoms with Gasteiger partial charge in [-0.25, -0.2) is 9.97 Å². The molecule has 3 aliphatic carbocycles. The molecule has 6 heterocycles. The highest BCUT2D eigenvalue weighted by Crippen LogP contribution is 2.58. The quantitative estimate of drug-likeness (QED) is 0.155. The first-order chi connectivity index (χ1) is 27.6. The summed E-state index contributed by atoms with van der Waals surface area (Å²) in [6.07, 6.45) is 14.5. The molecule has 0 saturated heterocycles. The van der Waals surface area contributed by atoms with Crippen LogP contribution in [0.15, 0.2) is 170 Å². The fourth-order valence-corrected chi connectivity index (χ4v) is 9.06. The molecule has 3 saturated carbocycles. The molecule has 0 spiro atoms. The minimum absolute atomic E-state index is 0.234. The van der Waals surface area contributed by atoms with Crippen molar-refractivity contribution in [3.63, 3.8) is 0 Å². The molecule has 6 aromatic heterocycles. The van der Waals surface area contributed by atoms with E-state index in [0.29, 0.717) is 0 Å². The predicted molar refractivity (Wildman–Crippen MR) is 223 cm³/mol. The van der Waals surface area contributed by atoms with E-state index in [0.717, 1.165) is 56.7 Å². The van der Waals surface area contributed by atoms with Crippen LogP contribution in [0.5, 0.6) is 0 Å². The zero-order chi connectivity index (χ0) is 37.4. The molecule has 0 unspecified atom stereocenters. The summed E-state index contributed by atoms with van der Waals surface area (Å²) in [5.41, 5.74) is 14.8. The molecular weight excluding hydrogens is 685 g/mol. The first-order valence-corrected chi connectivity index (χ1v) is 19.5. The van der Waals surface area contributed by atoms with E-state index in [1.54, 1.807) is 0 Å². The molecule has 6 nitrogen and oxygen atoms in total. The Balaban J connectivity index is 0.892. The molecule has 56 heavy (non-hydrogen) atoms. The molecule has 2 aromatic carbocycles. The lowest BCUT2D eigenvalue weighted by Crippen LogP contribution is -2.46. The van der Waals surface area contributed by atoms with Gasteiger partial charge in [0.2, 0.25) is 0 Å². The van der Waals surface area contributed by atoms with Crippen molar-refractivity contribution in [2.75, 3.05) is 0 Å². The smallest absolute Gasteiger partial charge is 0.0900 e. The van der Waals surface area contributed by atoms with Gasteiger partial charge in [0.1, 0.15) is 0 Å². The van der Waals surface area contributed by atoms with E-state index in [2.05, 4.69) is 92.7 Å². The molecule has 0 amide bonds. The number of pyridine rings is 6. The van der Waals surface area contributed by atoms with Gasteiger partial charge >= 0.3 is 0 Å². The lowest BCUT2D eigenvalue weighted by atomic mass is 9.50. The minimum atomic E-state index is 0.234. The summed E-state index contributed by atoms with van der Waals surface area (Å²) < 4.78 is 0. The zero-order valence-electron chi connectivity index (χ0n) is 31.1. The predicted octanol–water partition coefficient (Wildman–Crippen LogP) is 11.6. The van der Waals surface area contributed by atoms with Crippen LogP contribution in [0.1, 0.15) is 49.7 Å². The zero-order valence-corrected chi connectivity index (χ0v) is 31.1. The van der Waals surface area contributed by atoms with E-state index in [4.69, 9.17) is 9.97 Å². The van der Waals surface area contributed by atoms with Crippen molar-refractivity contribution in [2.24, 2.45) is 0 Å². The third-order valence-electron chi connectivity index (χ3n) is 12.3. The van der Waals surface area contributed by atoms with E-state index in [9.17, 15) is 0 Å². The minimum Gasteiger partial charge on any atom is -0.255 e. The number of fused-ring (bicyclic) bond motifs is 3. The summed E-state index contributed by atoms with van der Waals surface area (Å²) in [5, 5.41) is 0. The van der Waals surface area contributed by atoms with Gasteiger partial charge in [0.15, 0.2) is 0 Å². The number of hydrogen-bond donors (Lipinski definition) is 0. The first kappa shape index (κ1) is 33.9. The van der Waals surface area contributed by atoms with Crippen LogP contribution in [0.3, 0.4) is 0 Å². The molecule has 2 bridgehead atoms. The number of rotatable bonds is 8. The van der Waals surface area contributed by atoms with Crippen LogP contribution in [0.4, 0.5) is 0 Å². The van der Waals surface area contributed by atoms with Crippen LogP contribution in [0.25, 0.3) is 67.8 Å². The summed E-state index contributed by atoms with van der Waals surface area (Å²) in [7, 11) is 0. The highest BCUT2D eigenvalue weighted by Gasteiger charge is 2.49. The Morgan fingerprint density at radius 1 is 0.286 bits per heavy atom. The van der Waals surface area contributed by atoms with Crippen molar-refractivity contribution in [3.05, 3.63) is 182 Å². The average molecular weight is 725 g/mol. The maximum Gasteiger partial charge on any atom is 0.0900 e. The van der Waals surface area contributed by atoms with Gasteiger partial charge in [0, 0.05) is 24.8 Å². The van der Waals surface area contributed by atoms with Crippen molar-refractivity contribution >= 4 is 0 Å². The Morgan fingerprint density at radius 3 is 0.821 bits per heavy atom. The van der Waals surface area contributed by atoms with Gasteiger partial charge in [-0.3, -0.25) is 19.9 Å².